The summed E-state index contributed by atoms with van der Waals surface area (Å²) in [4.78, 5) is 40.4. The van der Waals surface area contributed by atoms with Crippen LogP contribution in [0.2, 0.25) is 0 Å². The van der Waals surface area contributed by atoms with E-state index >= 15 is 0 Å². The lowest BCUT2D eigenvalue weighted by Gasteiger charge is -2.17. The van der Waals surface area contributed by atoms with E-state index in [1.54, 1.807) is 17.8 Å². The SMILES string of the molecule is CCCCCCCCOC(=O)CCSc1c(C(C)(C)C)nn2nc(-c3cc(C(=O)NCCSCC)cc([N+](=O)[O-])c3)[nH]c12. The number of rotatable bonds is 18. The van der Waals surface area contributed by atoms with Crippen molar-refractivity contribution in [3.05, 3.63) is 39.6 Å². The summed E-state index contributed by atoms with van der Waals surface area (Å²) >= 11 is 3.20. The molecular formula is C30H44N6O5S2. The van der Waals surface area contributed by atoms with Crippen molar-refractivity contribution in [1.29, 1.82) is 0 Å². The summed E-state index contributed by atoms with van der Waals surface area (Å²) in [5.74, 6) is 1.95. The Kier molecular flexibility index (Phi) is 13.4. The van der Waals surface area contributed by atoms with E-state index < -0.39 is 4.92 Å². The smallest absolute Gasteiger partial charge is 0.306 e. The van der Waals surface area contributed by atoms with Crippen molar-refractivity contribution in [2.24, 2.45) is 0 Å². The van der Waals surface area contributed by atoms with Gasteiger partial charge < -0.3 is 15.0 Å². The van der Waals surface area contributed by atoms with Gasteiger partial charge in [0.25, 0.3) is 11.6 Å². The lowest BCUT2D eigenvalue weighted by molar-refractivity contribution is -0.384. The Morgan fingerprint density at radius 1 is 1.07 bits per heavy atom. The number of nitrogens with one attached hydrogen (secondary N) is 2. The summed E-state index contributed by atoms with van der Waals surface area (Å²) in [6.07, 6.45) is 7.07. The van der Waals surface area contributed by atoms with Crippen LogP contribution in [0.25, 0.3) is 17.0 Å². The first kappa shape index (κ1) is 34.4. The Morgan fingerprint density at radius 2 is 1.81 bits per heavy atom. The van der Waals surface area contributed by atoms with E-state index in [9.17, 15) is 19.7 Å². The molecule has 1 amide bonds. The molecule has 0 spiro atoms. The Bertz CT molecular complexity index is 1380. The minimum absolute atomic E-state index is 0.184. The number of amides is 1. The van der Waals surface area contributed by atoms with E-state index in [1.165, 1.54) is 54.2 Å². The summed E-state index contributed by atoms with van der Waals surface area (Å²) < 4.78 is 6.91. The molecule has 3 aromatic rings. The van der Waals surface area contributed by atoms with Crippen molar-refractivity contribution in [2.45, 2.75) is 89.9 Å². The van der Waals surface area contributed by atoms with Crippen molar-refractivity contribution in [3.63, 3.8) is 0 Å². The van der Waals surface area contributed by atoms with E-state index in [0.717, 1.165) is 34.9 Å². The molecule has 0 radical (unpaired) electrons. The zero-order chi connectivity index (χ0) is 31.4. The zero-order valence-corrected chi connectivity index (χ0v) is 27.5. The van der Waals surface area contributed by atoms with Crippen LogP contribution in [0.5, 0.6) is 0 Å². The molecule has 1 aromatic carbocycles. The van der Waals surface area contributed by atoms with E-state index in [2.05, 4.69) is 43.1 Å². The average molecular weight is 633 g/mol. The van der Waals surface area contributed by atoms with Gasteiger partial charge in [-0.2, -0.15) is 16.9 Å². The number of fused-ring (bicyclic) bond motifs is 1. The second-order valence-electron chi connectivity index (χ2n) is 11.3. The standard InChI is InChI=1S/C30H44N6O5S2/c1-6-8-9-10-11-12-15-41-24(37)13-16-43-25-26(30(3,4)5)33-35-28(25)32-27(34-35)21-18-22(20-23(19-21)36(39)40)29(38)31-14-17-42-7-2/h18-20H,6-17H2,1-5H3,(H,31,38)(H,32,34). The predicted octanol–water partition coefficient (Wildman–Crippen LogP) is 6.80. The second kappa shape index (κ2) is 16.7. The molecule has 3 rings (SSSR count). The van der Waals surface area contributed by atoms with Crippen LogP contribution in [0.4, 0.5) is 5.69 Å². The number of aromatic amines is 1. The number of hydrogen-bond donors (Lipinski definition) is 2. The Morgan fingerprint density at radius 3 is 2.51 bits per heavy atom. The molecule has 2 aromatic heterocycles. The summed E-state index contributed by atoms with van der Waals surface area (Å²) in [6.45, 7) is 11.3. The largest absolute Gasteiger partial charge is 0.466 e. The molecule has 0 saturated heterocycles. The summed E-state index contributed by atoms with van der Waals surface area (Å²) in [7, 11) is 0. The van der Waals surface area contributed by atoms with Gasteiger partial charge >= 0.3 is 5.97 Å². The third-order valence-electron chi connectivity index (χ3n) is 6.68. The summed E-state index contributed by atoms with van der Waals surface area (Å²) in [6, 6.07) is 4.24. The fraction of sp³-hybridized carbons (Fsp3) is 0.600. The number of carbonyl (C=O) groups excluding carboxylic acids is 2. The average Bonchev–Trinajstić information content (AvgIpc) is 3.54. The van der Waals surface area contributed by atoms with Gasteiger partial charge in [0, 0.05) is 46.7 Å². The van der Waals surface area contributed by atoms with Gasteiger partial charge in [-0.25, -0.2) is 0 Å². The first-order chi connectivity index (χ1) is 20.5. The maximum absolute atomic E-state index is 12.8. The minimum atomic E-state index is -0.522. The molecule has 236 valence electrons. The number of thioether (sulfide) groups is 2. The maximum Gasteiger partial charge on any atom is 0.306 e. The van der Waals surface area contributed by atoms with Gasteiger partial charge in [0.2, 0.25) is 0 Å². The van der Waals surface area contributed by atoms with Crippen LogP contribution < -0.4 is 5.32 Å². The second-order valence-corrected chi connectivity index (χ2v) is 13.8. The van der Waals surface area contributed by atoms with Crippen LogP contribution in [0.1, 0.15) is 95.6 Å². The third kappa shape index (κ3) is 10.3. The third-order valence-corrected chi connectivity index (χ3v) is 8.67. The fourth-order valence-corrected chi connectivity index (χ4v) is 6.17. The lowest BCUT2D eigenvalue weighted by Crippen LogP contribution is -2.25. The highest BCUT2D eigenvalue weighted by Crippen LogP contribution is 2.36. The Labute approximate surface area is 261 Å². The van der Waals surface area contributed by atoms with Crippen LogP contribution in [-0.4, -0.2) is 67.0 Å². The van der Waals surface area contributed by atoms with E-state index in [4.69, 9.17) is 9.84 Å². The number of nitrogens with zero attached hydrogens (tertiary/aromatic N) is 4. The van der Waals surface area contributed by atoms with Crippen LogP contribution in [0.15, 0.2) is 23.1 Å². The van der Waals surface area contributed by atoms with Crippen LogP contribution in [-0.2, 0) is 14.9 Å². The molecule has 2 heterocycles. The van der Waals surface area contributed by atoms with Crippen molar-refractivity contribution in [2.75, 3.05) is 30.4 Å². The molecule has 0 aliphatic carbocycles. The number of benzene rings is 1. The predicted molar refractivity (Wildman–Crippen MR) is 173 cm³/mol. The molecule has 11 nitrogen and oxygen atoms in total. The molecule has 0 fully saturated rings. The number of aromatic nitrogens is 4. The van der Waals surface area contributed by atoms with Gasteiger partial charge in [-0.05, 0) is 18.2 Å². The van der Waals surface area contributed by atoms with E-state index in [-0.39, 0.29) is 35.0 Å². The number of esters is 1. The van der Waals surface area contributed by atoms with E-state index in [0.29, 0.717) is 35.9 Å². The van der Waals surface area contributed by atoms with Crippen molar-refractivity contribution in [3.8, 4) is 11.4 Å². The molecule has 0 saturated carbocycles. The number of ether oxygens (including phenoxy) is 1. The summed E-state index contributed by atoms with van der Waals surface area (Å²) in [5, 5.41) is 23.8. The first-order valence-electron chi connectivity index (χ1n) is 15.0. The lowest BCUT2D eigenvalue weighted by atomic mass is 9.92. The van der Waals surface area contributed by atoms with E-state index in [1.807, 2.05) is 6.92 Å². The quantitative estimate of drug-likeness (QED) is 0.0508. The Hall–Kier alpha value is -3.06. The molecule has 2 N–H and O–H groups in total. The Balaban J connectivity index is 1.75. The fourth-order valence-electron chi connectivity index (χ4n) is 4.41. The number of non-ortho nitro benzene ring substituents is 1. The molecular weight excluding hydrogens is 589 g/mol. The number of H-pyrrole nitrogens is 1. The van der Waals surface area contributed by atoms with Gasteiger partial charge in [0.15, 0.2) is 11.5 Å². The number of unbranched alkanes of at least 4 members (excludes halogenated alkanes) is 5. The van der Waals surface area contributed by atoms with Gasteiger partial charge in [-0.1, -0.05) is 66.7 Å². The zero-order valence-electron chi connectivity index (χ0n) is 25.9. The van der Waals surface area contributed by atoms with Crippen molar-refractivity contribution < 1.29 is 19.2 Å². The summed E-state index contributed by atoms with van der Waals surface area (Å²) in [5.41, 5.74) is 1.54. The molecule has 13 heteroatoms. The molecule has 0 aliphatic heterocycles. The van der Waals surface area contributed by atoms with Crippen LogP contribution in [0.3, 0.4) is 0 Å². The van der Waals surface area contributed by atoms with Crippen molar-refractivity contribution >= 4 is 46.7 Å². The monoisotopic (exact) mass is 632 g/mol. The van der Waals surface area contributed by atoms with Crippen LogP contribution >= 0.6 is 23.5 Å². The molecule has 0 unspecified atom stereocenters. The number of nitro benzene ring substituents is 1. The highest BCUT2D eigenvalue weighted by Gasteiger charge is 2.27. The first-order valence-corrected chi connectivity index (χ1v) is 17.1. The number of hydrogen-bond acceptors (Lipinski definition) is 9. The number of nitro groups is 1. The molecule has 0 bridgehead atoms. The van der Waals surface area contributed by atoms with Gasteiger partial charge in [-0.15, -0.1) is 21.5 Å². The van der Waals surface area contributed by atoms with Gasteiger partial charge in [0.1, 0.15) is 0 Å². The number of carbonyl (C=O) groups is 2. The van der Waals surface area contributed by atoms with Crippen LogP contribution in [0, 0.1) is 10.1 Å². The molecule has 0 aliphatic rings. The molecule has 0 atom stereocenters. The normalized spacial score (nSPS) is 11.7. The van der Waals surface area contributed by atoms with Crippen molar-refractivity contribution in [1.82, 2.24) is 25.1 Å². The van der Waals surface area contributed by atoms with Gasteiger partial charge in [-0.3, -0.25) is 19.7 Å². The maximum atomic E-state index is 12.8. The topological polar surface area (TPSA) is 145 Å². The van der Waals surface area contributed by atoms with Gasteiger partial charge in [0.05, 0.1) is 28.5 Å². The molecule has 43 heavy (non-hydrogen) atoms. The minimum Gasteiger partial charge on any atom is -0.466 e. The highest BCUT2D eigenvalue weighted by molar-refractivity contribution is 7.99. The highest BCUT2D eigenvalue weighted by atomic mass is 32.2.